The van der Waals surface area contributed by atoms with E-state index in [0.717, 1.165) is 19.5 Å². The Morgan fingerprint density at radius 1 is 1.28 bits per heavy atom. The van der Waals surface area contributed by atoms with Crippen molar-refractivity contribution in [2.75, 3.05) is 6.54 Å². The second-order valence-corrected chi connectivity index (χ2v) is 4.46. The van der Waals surface area contributed by atoms with Crippen LogP contribution in [0.2, 0.25) is 0 Å². The molecule has 0 unspecified atom stereocenters. The van der Waals surface area contributed by atoms with E-state index in [2.05, 4.69) is 23.1 Å². The van der Waals surface area contributed by atoms with Gasteiger partial charge < -0.3 is 0 Å². The fraction of sp³-hybridized carbons (Fsp3) is 0.333. The Kier molecular flexibility index (Phi) is 4.12. The standard InChI is InChI=1S/C15H15N3/c16-9-4-7-15-14(11-17)8-10-18(15)12-13-5-2-1-3-6-13/h1-7,14-15H,8,10,12H2/b7-4-/t14-,15-/m0/s1. The molecule has 0 bridgehead atoms. The van der Waals surface area contributed by atoms with E-state index in [1.807, 2.05) is 30.3 Å². The highest BCUT2D eigenvalue weighted by Crippen LogP contribution is 2.26. The SMILES string of the molecule is N#C/C=C\[C@H]1[C@H](C#N)CCN1Cc1ccccc1. The van der Waals surface area contributed by atoms with E-state index in [9.17, 15) is 0 Å². The first-order valence-electron chi connectivity index (χ1n) is 6.09. The van der Waals surface area contributed by atoms with Crippen LogP contribution in [0.3, 0.4) is 0 Å². The number of hydrogen-bond acceptors (Lipinski definition) is 3. The molecule has 0 saturated carbocycles. The smallest absolute Gasteiger partial charge is 0.0909 e. The van der Waals surface area contributed by atoms with Gasteiger partial charge in [-0.05, 0) is 12.0 Å². The highest BCUT2D eigenvalue weighted by Gasteiger charge is 2.32. The van der Waals surface area contributed by atoms with Crippen molar-refractivity contribution < 1.29 is 0 Å². The molecule has 3 heteroatoms. The maximum Gasteiger partial charge on any atom is 0.0909 e. The van der Waals surface area contributed by atoms with Gasteiger partial charge in [-0.1, -0.05) is 36.4 Å². The minimum absolute atomic E-state index is 0.00156. The van der Waals surface area contributed by atoms with Gasteiger partial charge in [-0.25, -0.2) is 0 Å². The van der Waals surface area contributed by atoms with E-state index in [1.165, 1.54) is 11.6 Å². The van der Waals surface area contributed by atoms with Gasteiger partial charge in [0.1, 0.15) is 0 Å². The van der Waals surface area contributed by atoms with Crippen molar-refractivity contribution in [2.24, 2.45) is 5.92 Å². The van der Waals surface area contributed by atoms with Crippen LogP contribution in [-0.2, 0) is 6.54 Å². The number of likely N-dealkylation sites (tertiary alicyclic amines) is 1. The molecule has 90 valence electrons. The topological polar surface area (TPSA) is 50.8 Å². The van der Waals surface area contributed by atoms with Crippen LogP contribution in [0, 0.1) is 28.6 Å². The third-order valence-electron chi connectivity index (χ3n) is 3.32. The zero-order chi connectivity index (χ0) is 12.8. The van der Waals surface area contributed by atoms with Gasteiger partial charge in [0.2, 0.25) is 0 Å². The van der Waals surface area contributed by atoms with Gasteiger partial charge in [0.25, 0.3) is 0 Å². The van der Waals surface area contributed by atoms with Gasteiger partial charge in [-0.15, -0.1) is 0 Å². The van der Waals surface area contributed by atoms with Crippen LogP contribution in [0.5, 0.6) is 0 Å². The Balaban J connectivity index is 2.10. The van der Waals surface area contributed by atoms with E-state index in [0.29, 0.717) is 0 Å². The van der Waals surface area contributed by atoms with Crippen LogP contribution in [-0.4, -0.2) is 17.5 Å². The summed E-state index contributed by atoms with van der Waals surface area (Å²) < 4.78 is 0. The summed E-state index contributed by atoms with van der Waals surface area (Å²) in [4.78, 5) is 2.26. The van der Waals surface area contributed by atoms with E-state index in [4.69, 9.17) is 10.5 Å². The summed E-state index contributed by atoms with van der Waals surface area (Å²) in [6.07, 6.45) is 4.21. The minimum Gasteiger partial charge on any atom is -0.291 e. The van der Waals surface area contributed by atoms with Crippen LogP contribution in [0.15, 0.2) is 42.5 Å². The molecular weight excluding hydrogens is 222 g/mol. The Hall–Kier alpha value is -2.10. The lowest BCUT2D eigenvalue weighted by atomic mass is 10.0. The van der Waals surface area contributed by atoms with Crippen LogP contribution in [0.25, 0.3) is 0 Å². The van der Waals surface area contributed by atoms with Gasteiger partial charge in [-0.3, -0.25) is 4.90 Å². The lowest BCUT2D eigenvalue weighted by molar-refractivity contribution is 0.270. The van der Waals surface area contributed by atoms with Crippen molar-refractivity contribution in [3.05, 3.63) is 48.0 Å². The summed E-state index contributed by atoms with van der Waals surface area (Å²) in [7, 11) is 0. The maximum atomic E-state index is 9.13. The number of rotatable bonds is 3. The van der Waals surface area contributed by atoms with E-state index >= 15 is 0 Å². The van der Waals surface area contributed by atoms with Crippen molar-refractivity contribution in [3.8, 4) is 12.1 Å². The van der Waals surface area contributed by atoms with Crippen LogP contribution < -0.4 is 0 Å². The first-order chi connectivity index (χ1) is 8.85. The number of benzene rings is 1. The van der Waals surface area contributed by atoms with Gasteiger partial charge in [0, 0.05) is 25.2 Å². The summed E-state index contributed by atoms with van der Waals surface area (Å²) in [5.41, 5.74) is 1.24. The maximum absolute atomic E-state index is 9.13. The third kappa shape index (κ3) is 2.77. The monoisotopic (exact) mass is 237 g/mol. The fourth-order valence-electron chi connectivity index (χ4n) is 2.42. The molecule has 2 atom stereocenters. The molecule has 0 radical (unpaired) electrons. The molecule has 1 saturated heterocycles. The molecule has 0 aromatic heterocycles. The predicted molar refractivity (Wildman–Crippen MR) is 69.1 cm³/mol. The summed E-state index contributed by atoms with van der Waals surface area (Å²) >= 11 is 0. The zero-order valence-corrected chi connectivity index (χ0v) is 10.2. The first kappa shape index (κ1) is 12.4. The third-order valence-corrected chi connectivity index (χ3v) is 3.32. The molecule has 1 aromatic rings. The van der Waals surface area contributed by atoms with E-state index < -0.39 is 0 Å². The summed E-state index contributed by atoms with van der Waals surface area (Å²) in [5.74, 6) is -0.00156. The molecular formula is C15H15N3. The highest BCUT2D eigenvalue weighted by atomic mass is 15.2. The second-order valence-electron chi connectivity index (χ2n) is 4.46. The van der Waals surface area contributed by atoms with Crippen LogP contribution >= 0.6 is 0 Å². The van der Waals surface area contributed by atoms with Gasteiger partial charge >= 0.3 is 0 Å². The number of hydrogen-bond donors (Lipinski definition) is 0. The molecule has 0 aliphatic carbocycles. The summed E-state index contributed by atoms with van der Waals surface area (Å²) in [5, 5.41) is 17.7. The van der Waals surface area contributed by atoms with Crippen molar-refractivity contribution in [1.82, 2.24) is 4.90 Å². The van der Waals surface area contributed by atoms with E-state index in [-0.39, 0.29) is 12.0 Å². The Bertz CT molecular complexity index is 493. The largest absolute Gasteiger partial charge is 0.291 e. The molecule has 1 heterocycles. The average molecular weight is 237 g/mol. The number of nitrogens with zero attached hydrogens (tertiary/aromatic N) is 3. The lowest BCUT2D eigenvalue weighted by Crippen LogP contribution is -2.30. The number of allylic oxidation sites excluding steroid dienone is 1. The molecule has 2 rings (SSSR count). The first-order valence-corrected chi connectivity index (χ1v) is 6.09. The van der Waals surface area contributed by atoms with Crippen molar-refractivity contribution in [1.29, 1.82) is 10.5 Å². The molecule has 0 N–H and O–H groups in total. The van der Waals surface area contributed by atoms with Crippen molar-refractivity contribution in [3.63, 3.8) is 0 Å². The van der Waals surface area contributed by atoms with E-state index in [1.54, 1.807) is 0 Å². The summed E-state index contributed by atoms with van der Waals surface area (Å²) in [6.45, 7) is 1.74. The summed E-state index contributed by atoms with van der Waals surface area (Å²) in [6, 6.07) is 14.6. The predicted octanol–water partition coefficient (Wildman–Crippen LogP) is 2.48. The Labute approximate surface area is 108 Å². The van der Waals surface area contributed by atoms with Crippen molar-refractivity contribution in [2.45, 2.75) is 19.0 Å². The second kappa shape index (κ2) is 6.00. The van der Waals surface area contributed by atoms with Crippen LogP contribution in [0.4, 0.5) is 0 Å². The minimum atomic E-state index is -0.00156. The molecule has 3 nitrogen and oxygen atoms in total. The Morgan fingerprint density at radius 2 is 2.06 bits per heavy atom. The quantitative estimate of drug-likeness (QED) is 0.759. The zero-order valence-electron chi connectivity index (χ0n) is 10.2. The fourth-order valence-corrected chi connectivity index (χ4v) is 2.42. The average Bonchev–Trinajstić information content (AvgIpc) is 2.79. The Morgan fingerprint density at radius 3 is 2.72 bits per heavy atom. The molecule has 0 spiro atoms. The van der Waals surface area contributed by atoms with Crippen molar-refractivity contribution >= 4 is 0 Å². The lowest BCUT2D eigenvalue weighted by Gasteiger charge is -2.22. The normalized spacial score (nSPS) is 23.9. The molecule has 18 heavy (non-hydrogen) atoms. The molecule has 1 aliphatic rings. The van der Waals surface area contributed by atoms with Gasteiger partial charge in [-0.2, -0.15) is 10.5 Å². The molecule has 1 aliphatic heterocycles. The number of nitriles is 2. The molecule has 1 aromatic carbocycles. The van der Waals surface area contributed by atoms with Crippen LogP contribution in [0.1, 0.15) is 12.0 Å². The van der Waals surface area contributed by atoms with Gasteiger partial charge in [0.05, 0.1) is 18.1 Å². The molecule has 1 fully saturated rings. The molecule has 0 amide bonds. The van der Waals surface area contributed by atoms with Gasteiger partial charge in [0.15, 0.2) is 0 Å². The highest BCUT2D eigenvalue weighted by molar-refractivity contribution is 5.18.